The van der Waals surface area contributed by atoms with Gasteiger partial charge in [0.1, 0.15) is 17.0 Å². The van der Waals surface area contributed by atoms with Crippen LogP contribution in [0.3, 0.4) is 0 Å². The van der Waals surface area contributed by atoms with Gasteiger partial charge in [0.05, 0.1) is 17.6 Å². The number of pyridine rings is 2. The lowest BCUT2D eigenvalue weighted by Gasteiger charge is -2.21. The molecule has 3 aromatic heterocycles. The molecule has 1 aromatic carbocycles. The summed E-state index contributed by atoms with van der Waals surface area (Å²) in [5, 5.41) is 10.9. The van der Waals surface area contributed by atoms with E-state index in [9.17, 15) is 23.1 Å². The van der Waals surface area contributed by atoms with Crippen LogP contribution in [0.25, 0.3) is 10.3 Å². The molecule has 4 rings (SSSR count). The Morgan fingerprint density at radius 1 is 1.15 bits per heavy atom. The summed E-state index contributed by atoms with van der Waals surface area (Å²) < 4.78 is 44.9. The predicted octanol–water partition coefficient (Wildman–Crippen LogP) is 5.29. The fraction of sp³-hybridized carbons (Fsp3) is 0.217. The van der Waals surface area contributed by atoms with E-state index in [1.807, 2.05) is 6.07 Å². The molecule has 1 N–H and O–H groups in total. The van der Waals surface area contributed by atoms with Crippen LogP contribution in [0.1, 0.15) is 22.8 Å². The molecule has 0 spiro atoms. The van der Waals surface area contributed by atoms with Crippen molar-refractivity contribution in [1.82, 2.24) is 15.0 Å². The molecule has 0 aliphatic heterocycles. The van der Waals surface area contributed by atoms with E-state index in [-0.39, 0.29) is 17.9 Å². The zero-order chi connectivity index (χ0) is 24.1. The maximum atomic E-state index is 13.0. The van der Waals surface area contributed by atoms with Crippen LogP contribution in [0.2, 0.25) is 0 Å². The molecule has 4 aromatic rings. The van der Waals surface area contributed by atoms with E-state index >= 15 is 0 Å². The summed E-state index contributed by atoms with van der Waals surface area (Å²) in [6.45, 7) is -0.352. The van der Waals surface area contributed by atoms with Gasteiger partial charge in [-0.15, -0.1) is 0 Å². The summed E-state index contributed by atoms with van der Waals surface area (Å²) in [6, 6.07) is 11.5. The minimum Gasteiger partial charge on any atom is -0.460 e. The third kappa shape index (κ3) is 5.91. The summed E-state index contributed by atoms with van der Waals surface area (Å²) in [5.74, 6) is -1.60. The van der Waals surface area contributed by atoms with Crippen LogP contribution in [-0.2, 0) is 22.3 Å². The van der Waals surface area contributed by atoms with Crippen molar-refractivity contribution in [1.29, 1.82) is 0 Å². The first-order chi connectivity index (χ1) is 16.3. The Balaban J connectivity index is 1.49. The number of hydrogen-bond acceptors (Lipinski definition) is 8. The van der Waals surface area contributed by atoms with E-state index in [2.05, 4.69) is 15.0 Å². The average Bonchev–Trinajstić information content (AvgIpc) is 3.26. The van der Waals surface area contributed by atoms with Crippen molar-refractivity contribution in [3.05, 3.63) is 83.8 Å². The summed E-state index contributed by atoms with van der Waals surface area (Å²) >= 11 is 2.63. The van der Waals surface area contributed by atoms with E-state index in [0.29, 0.717) is 9.90 Å². The van der Waals surface area contributed by atoms with Gasteiger partial charge in [-0.2, -0.15) is 13.2 Å². The Hall–Kier alpha value is -3.02. The van der Waals surface area contributed by atoms with Gasteiger partial charge in [-0.1, -0.05) is 41.3 Å². The number of rotatable bonds is 8. The Bertz CT molecular complexity index is 1240. The van der Waals surface area contributed by atoms with Crippen LogP contribution in [-0.4, -0.2) is 31.8 Å². The molecule has 2 unspecified atom stereocenters. The predicted molar refractivity (Wildman–Crippen MR) is 122 cm³/mol. The minimum absolute atomic E-state index is 0.136. The van der Waals surface area contributed by atoms with Gasteiger partial charge in [0.15, 0.2) is 4.34 Å². The van der Waals surface area contributed by atoms with Crippen LogP contribution >= 0.6 is 23.1 Å². The van der Waals surface area contributed by atoms with Crippen molar-refractivity contribution in [2.24, 2.45) is 5.92 Å². The van der Waals surface area contributed by atoms with Gasteiger partial charge in [-0.05, 0) is 41.5 Å². The molecule has 0 amide bonds. The van der Waals surface area contributed by atoms with E-state index in [1.165, 1.54) is 41.4 Å². The number of aliphatic hydroxyl groups is 1. The number of benzene rings is 1. The highest BCUT2D eigenvalue weighted by atomic mass is 32.2. The SMILES string of the molecule is O=C(OCc1cccc(C(F)(F)F)c1)C(CSc1nc2cccnc2s1)C(O)c1cccnc1. The minimum atomic E-state index is -4.50. The van der Waals surface area contributed by atoms with Gasteiger partial charge in [0.25, 0.3) is 0 Å². The highest BCUT2D eigenvalue weighted by Crippen LogP contribution is 2.34. The van der Waals surface area contributed by atoms with Crippen molar-refractivity contribution in [2.75, 3.05) is 5.75 Å². The second-order valence-electron chi connectivity index (χ2n) is 7.26. The Labute approximate surface area is 200 Å². The number of hydrogen-bond donors (Lipinski definition) is 1. The van der Waals surface area contributed by atoms with Crippen LogP contribution in [0.5, 0.6) is 0 Å². The first-order valence-corrected chi connectivity index (χ1v) is 11.9. The number of thiazole rings is 1. The molecular weight excluding hydrogens is 487 g/mol. The third-order valence-electron chi connectivity index (χ3n) is 4.88. The van der Waals surface area contributed by atoms with Crippen molar-refractivity contribution in [2.45, 2.75) is 23.2 Å². The van der Waals surface area contributed by atoms with Crippen LogP contribution in [0.4, 0.5) is 13.2 Å². The molecule has 3 heterocycles. The normalized spacial score (nSPS) is 13.5. The molecule has 2 atom stereocenters. The zero-order valence-corrected chi connectivity index (χ0v) is 19.1. The quantitative estimate of drug-likeness (QED) is 0.257. The van der Waals surface area contributed by atoms with Gasteiger partial charge >= 0.3 is 12.1 Å². The standard InChI is InChI=1S/C23H18F3N3O3S2/c24-23(25,26)16-6-1-4-14(10-16)12-32-21(31)17(19(30)15-5-2-8-27-11-15)13-33-22-29-18-7-3-9-28-20(18)34-22/h1-11,17,19,30H,12-13H2. The molecule has 34 heavy (non-hydrogen) atoms. The first-order valence-electron chi connectivity index (χ1n) is 10.1. The second-order valence-corrected chi connectivity index (χ2v) is 9.51. The number of ether oxygens (including phenoxy) is 1. The molecule has 0 saturated carbocycles. The topological polar surface area (TPSA) is 85.2 Å². The highest BCUT2D eigenvalue weighted by Gasteiger charge is 2.32. The van der Waals surface area contributed by atoms with Crippen molar-refractivity contribution < 1.29 is 27.8 Å². The number of carbonyl (C=O) groups is 1. The summed E-state index contributed by atoms with van der Waals surface area (Å²) in [6.07, 6.45) is -1.07. The molecular formula is C23H18F3N3O3S2. The van der Waals surface area contributed by atoms with E-state index in [4.69, 9.17) is 4.74 Å². The van der Waals surface area contributed by atoms with Gasteiger partial charge in [-0.3, -0.25) is 9.78 Å². The smallest absolute Gasteiger partial charge is 0.416 e. The summed E-state index contributed by atoms with van der Waals surface area (Å²) in [7, 11) is 0. The maximum absolute atomic E-state index is 13.0. The summed E-state index contributed by atoms with van der Waals surface area (Å²) in [5.41, 5.74) is 0.525. The van der Waals surface area contributed by atoms with Crippen molar-refractivity contribution >= 4 is 39.4 Å². The highest BCUT2D eigenvalue weighted by molar-refractivity contribution is 8.01. The lowest BCUT2D eigenvalue weighted by molar-refractivity contribution is -0.153. The molecule has 0 radical (unpaired) electrons. The molecule has 176 valence electrons. The molecule has 0 fully saturated rings. The van der Waals surface area contributed by atoms with Gasteiger partial charge < -0.3 is 9.84 Å². The number of alkyl halides is 3. The Kier molecular flexibility index (Phi) is 7.44. The Morgan fingerprint density at radius 2 is 1.97 bits per heavy atom. The van der Waals surface area contributed by atoms with Crippen molar-refractivity contribution in [3.8, 4) is 0 Å². The number of thioether (sulfide) groups is 1. The van der Waals surface area contributed by atoms with E-state index < -0.39 is 29.7 Å². The zero-order valence-electron chi connectivity index (χ0n) is 17.5. The number of carbonyl (C=O) groups excluding carboxylic acids is 1. The lowest BCUT2D eigenvalue weighted by atomic mass is 9.99. The van der Waals surface area contributed by atoms with Gasteiger partial charge in [-0.25, -0.2) is 9.97 Å². The fourth-order valence-corrected chi connectivity index (χ4v) is 5.26. The largest absolute Gasteiger partial charge is 0.460 e. The first kappa shape index (κ1) is 24.1. The monoisotopic (exact) mass is 505 g/mol. The van der Waals surface area contributed by atoms with Crippen molar-refractivity contribution in [3.63, 3.8) is 0 Å². The number of nitrogens with zero attached hydrogens (tertiary/aromatic N) is 3. The number of halogens is 3. The lowest BCUT2D eigenvalue weighted by Crippen LogP contribution is -2.27. The van der Waals surface area contributed by atoms with E-state index in [0.717, 1.165) is 22.5 Å². The summed E-state index contributed by atoms with van der Waals surface area (Å²) in [4.78, 5) is 26.4. The second kappa shape index (κ2) is 10.5. The van der Waals surface area contributed by atoms with Crippen LogP contribution in [0.15, 0.2) is 71.5 Å². The number of esters is 1. The third-order valence-corrected chi connectivity index (χ3v) is 7.12. The molecule has 0 aliphatic rings. The molecule has 0 aliphatic carbocycles. The number of aliphatic hydroxyl groups excluding tert-OH is 1. The van der Waals surface area contributed by atoms with Gasteiger partial charge in [0.2, 0.25) is 0 Å². The molecule has 0 bridgehead atoms. The average molecular weight is 506 g/mol. The number of fused-ring (bicyclic) bond motifs is 1. The molecule has 6 nitrogen and oxygen atoms in total. The van der Waals surface area contributed by atoms with E-state index in [1.54, 1.807) is 30.6 Å². The van der Waals surface area contributed by atoms with Crippen LogP contribution < -0.4 is 0 Å². The molecule has 0 saturated heterocycles. The Morgan fingerprint density at radius 3 is 2.71 bits per heavy atom. The maximum Gasteiger partial charge on any atom is 0.416 e. The fourth-order valence-electron chi connectivity index (χ4n) is 3.14. The van der Waals surface area contributed by atoms with Gasteiger partial charge in [0, 0.05) is 24.3 Å². The number of aromatic nitrogens is 3. The van der Waals surface area contributed by atoms with Crippen LogP contribution in [0, 0.1) is 5.92 Å². The molecule has 11 heteroatoms.